The Bertz CT molecular complexity index is 921. The lowest BCUT2D eigenvalue weighted by atomic mass is 10.2. The summed E-state index contributed by atoms with van der Waals surface area (Å²) in [6.45, 7) is 4.93. The maximum atomic E-state index is 12.5. The van der Waals surface area contributed by atoms with Gasteiger partial charge in [0.15, 0.2) is 6.61 Å². The minimum Gasteiger partial charge on any atom is -0.484 e. The van der Waals surface area contributed by atoms with Crippen molar-refractivity contribution in [2.75, 3.05) is 44.6 Å². The molecule has 1 saturated heterocycles. The van der Waals surface area contributed by atoms with Crippen molar-refractivity contribution in [1.29, 1.82) is 0 Å². The van der Waals surface area contributed by atoms with Gasteiger partial charge in [-0.2, -0.15) is 0 Å². The van der Waals surface area contributed by atoms with E-state index in [0.29, 0.717) is 24.5 Å². The number of likely N-dealkylation sites (N-methyl/N-ethyl adjacent to an activating group) is 1. The second-order valence-corrected chi connectivity index (χ2v) is 8.60. The summed E-state index contributed by atoms with van der Waals surface area (Å²) in [5, 5.41) is 0. The van der Waals surface area contributed by atoms with Crippen molar-refractivity contribution in [3.8, 4) is 5.75 Å². The van der Waals surface area contributed by atoms with Gasteiger partial charge in [0.25, 0.3) is 15.9 Å². The molecule has 0 aromatic heterocycles. The number of nitrogens with one attached hydrogen (secondary N) is 1. The van der Waals surface area contributed by atoms with Gasteiger partial charge in [-0.15, -0.1) is 0 Å². The maximum Gasteiger partial charge on any atom is 0.261 e. The third kappa shape index (κ3) is 5.24. The average Bonchev–Trinajstić information content (AvgIpc) is 2.67. The summed E-state index contributed by atoms with van der Waals surface area (Å²) in [4.78, 5) is 16.3. The zero-order valence-corrected chi connectivity index (χ0v) is 16.9. The molecule has 1 N–H and O–H groups in total. The number of hydrogen-bond acceptors (Lipinski definition) is 5. The molecule has 8 heteroatoms. The van der Waals surface area contributed by atoms with Gasteiger partial charge in [-0.25, -0.2) is 8.42 Å². The molecule has 0 radical (unpaired) electrons. The van der Waals surface area contributed by atoms with E-state index in [2.05, 4.69) is 9.62 Å². The lowest BCUT2D eigenvalue weighted by Gasteiger charge is -2.32. The van der Waals surface area contributed by atoms with Crippen molar-refractivity contribution < 1.29 is 17.9 Å². The Morgan fingerprint density at radius 1 is 1.07 bits per heavy atom. The molecule has 1 aliphatic rings. The highest BCUT2D eigenvalue weighted by molar-refractivity contribution is 7.92. The molecule has 2 aromatic rings. The van der Waals surface area contributed by atoms with E-state index in [0.717, 1.165) is 18.7 Å². The minimum absolute atomic E-state index is 0.0582. The van der Waals surface area contributed by atoms with Gasteiger partial charge in [0.2, 0.25) is 0 Å². The molecule has 150 valence electrons. The third-order valence-electron chi connectivity index (χ3n) is 4.62. The Hall–Kier alpha value is -2.58. The zero-order valence-electron chi connectivity index (χ0n) is 16.1. The normalized spacial score (nSPS) is 15.3. The third-order valence-corrected chi connectivity index (χ3v) is 6.02. The van der Waals surface area contributed by atoms with Crippen LogP contribution >= 0.6 is 0 Å². The predicted octanol–water partition coefficient (Wildman–Crippen LogP) is 1.95. The fourth-order valence-electron chi connectivity index (χ4n) is 2.93. The first-order valence-electron chi connectivity index (χ1n) is 9.12. The van der Waals surface area contributed by atoms with Gasteiger partial charge in [-0.05, 0) is 55.9 Å². The SMILES string of the molecule is Cc1cccc(NS(=O)(=O)c2ccc(OCC(=O)N3CCN(C)CC3)cc2)c1. The first-order valence-corrected chi connectivity index (χ1v) is 10.6. The molecule has 0 saturated carbocycles. The number of sulfonamides is 1. The number of benzene rings is 2. The van der Waals surface area contributed by atoms with Gasteiger partial charge in [-0.1, -0.05) is 12.1 Å². The zero-order chi connectivity index (χ0) is 20.1. The molecule has 0 atom stereocenters. The van der Waals surface area contributed by atoms with E-state index >= 15 is 0 Å². The highest BCUT2D eigenvalue weighted by atomic mass is 32.2. The van der Waals surface area contributed by atoms with Crippen LogP contribution in [0.1, 0.15) is 5.56 Å². The average molecular weight is 404 g/mol. The molecular weight excluding hydrogens is 378 g/mol. The van der Waals surface area contributed by atoms with Crippen molar-refractivity contribution in [3.63, 3.8) is 0 Å². The number of carbonyl (C=O) groups excluding carboxylic acids is 1. The largest absolute Gasteiger partial charge is 0.484 e. The quantitative estimate of drug-likeness (QED) is 0.798. The Morgan fingerprint density at radius 3 is 2.39 bits per heavy atom. The summed E-state index contributed by atoms with van der Waals surface area (Å²) in [7, 11) is -1.66. The molecule has 1 amide bonds. The van der Waals surface area contributed by atoms with Gasteiger partial charge in [0.05, 0.1) is 4.90 Å². The lowest BCUT2D eigenvalue weighted by Crippen LogP contribution is -2.48. The van der Waals surface area contributed by atoms with Crippen LogP contribution in [-0.2, 0) is 14.8 Å². The number of nitrogens with zero attached hydrogens (tertiary/aromatic N) is 2. The number of anilines is 1. The molecule has 28 heavy (non-hydrogen) atoms. The number of hydrogen-bond donors (Lipinski definition) is 1. The predicted molar refractivity (Wildman–Crippen MR) is 108 cm³/mol. The van der Waals surface area contributed by atoms with Crippen LogP contribution in [-0.4, -0.2) is 64.0 Å². The summed E-state index contributed by atoms with van der Waals surface area (Å²) in [5.74, 6) is 0.392. The Balaban J connectivity index is 1.57. The summed E-state index contributed by atoms with van der Waals surface area (Å²) in [6, 6.07) is 13.2. The lowest BCUT2D eigenvalue weighted by molar-refractivity contribution is -0.134. The molecule has 7 nitrogen and oxygen atoms in total. The van der Waals surface area contributed by atoms with Gasteiger partial charge >= 0.3 is 0 Å². The van der Waals surface area contributed by atoms with E-state index in [1.165, 1.54) is 12.1 Å². The number of amides is 1. The summed E-state index contributed by atoms with van der Waals surface area (Å²) in [5.41, 5.74) is 1.48. The van der Waals surface area contributed by atoms with Gasteiger partial charge in [0.1, 0.15) is 5.75 Å². The highest BCUT2D eigenvalue weighted by Crippen LogP contribution is 2.20. The molecule has 0 unspecified atom stereocenters. The Labute approximate surface area is 166 Å². The standard InChI is InChI=1S/C20H25N3O4S/c1-16-4-3-5-17(14-16)21-28(25,26)19-8-6-18(7-9-19)27-15-20(24)23-12-10-22(2)11-13-23/h3-9,14,21H,10-13,15H2,1-2H3. The fourth-order valence-corrected chi connectivity index (χ4v) is 3.98. The van der Waals surface area contributed by atoms with Gasteiger partial charge in [0, 0.05) is 31.9 Å². The van der Waals surface area contributed by atoms with Crippen molar-refractivity contribution in [2.24, 2.45) is 0 Å². The number of ether oxygens (including phenoxy) is 1. The van der Waals surface area contributed by atoms with Crippen LogP contribution in [0.3, 0.4) is 0 Å². The number of aryl methyl sites for hydroxylation is 1. The summed E-state index contributed by atoms with van der Waals surface area (Å²) >= 11 is 0. The number of rotatable bonds is 6. The number of piperazine rings is 1. The van der Waals surface area contributed by atoms with E-state index in [-0.39, 0.29) is 17.4 Å². The van der Waals surface area contributed by atoms with E-state index in [1.54, 1.807) is 35.2 Å². The Kier molecular flexibility index (Phi) is 6.21. The summed E-state index contributed by atoms with van der Waals surface area (Å²) < 4.78 is 33.1. The molecule has 0 aliphatic carbocycles. The molecule has 1 fully saturated rings. The van der Waals surface area contributed by atoms with E-state index in [1.807, 2.05) is 20.0 Å². The van der Waals surface area contributed by atoms with E-state index in [9.17, 15) is 13.2 Å². The maximum absolute atomic E-state index is 12.5. The smallest absolute Gasteiger partial charge is 0.261 e. The van der Waals surface area contributed by atoms with Crippen molar-refractivity contribution in [1.82, 2.24) is 9.80 Å². The molecule has 1 aliphatic heterocycles. The minimum atomic E-state index is -3.69. The molecule has 0 spiro atoms. The van der Waals surface area contributed by atoms with Gasteiger partial charge in [-0.3, -0.25) is 9.52 Å². The van der Waals surface area contributed by atoms with Crippen LogP contribution in [0.4, 0.5) is 5.69 Å². The van der Waals surface area contributed by atoms with Crippen LogP contribution in [0.15, 0.2) is 53.4 Å². The highest BCUT2D eigenvalue weighted by Gasteiger charge is 2.19. The molecule has 0 bridgehead atoms. The van der Waals surface area contributed by atoms with Crippen molar-refractivity contribution in [2.45, 2.75) is 11.8 Å². The summed E-state index contributed by atoms with van der Waals surface area (Å²) in [6.07, 6.45) is 0. The molecule has 1 heterocycles. The molecule has 3 rings (SSSR count). The van der Waals surface area contributed by atoms with E-state index in [4.69, 9.17) is 4.74 Å². The monoisotopic (exact) mass is 403 g/mol. The van der Waals surface area contributed by atoms with Crippen LogP contribution < -0.4 is 9.46 Å². The van der Waals surface area contributed by atoms with Crippen molar-refractivity contribution in [3.05, 3.63) is 54.1 Å². The first kappa shape index (κ1) is 20.2. The first-order chi connectivity index (χ1) is 13.3. The fraction of sp³-hybridized carbons (Fsp3) is 0.350. The molecular formula is C20H25N3O4S. The topological polar surface area (TPSA) is 78.9 Å². The van der Waals surface area contributed by atoms with Crippen LogP contribution in [0.25, 0.3) is 0 Å². The second-order valence-electron chi connectivity index (χ2n) is 6.92. The molecule has 2 aromatic carbocycles. The van der Waals surface area contributed by atoms with E-state index < -0.39 is 10.0 Å². The van der Waals surface area contributed by atoms with Crippen LogP contribution in [0, 0.1) is 6.92 Å². The van der Waals surface area contributed by atoms with Crippen LogP contribution in [0.2, 0.25) is 0 Å². The number of carbonyl (C=O) groups is 1. The second kappa shape index (κ2) is 8.62. The van der Waals surface area contributed by atoms with Gasteiger partial charge < -0.3 is 14.5 Å². The van der Waals surface area contributed by atoms with Crippen molar-refractivity contribution >= 4 is 21.6 Å². The van der Waals surface area contributed by atoms with Crippen LogP contribution in [0.5, 0.6) is 5.75 Å². The Morgan fingerprint density at radius 2 is 1.75 bits per heavy atom.